The summed E-state index contributed by atoms with van der Waals surface area (Å²) in [5, 5.41) is 23.3. The van der Waals surface area contributed by atoms with Gasteiger partial charge in [0.25, 0.3) is 0 Å². The highest BCUT2D eigenvalue weighted by atomic mass is 16.5. The summed E-state index contributed by atoms with van der Waals surface area (Å²) >= 11 is 0. The Balaban J connectivity index is 2.32. The quantitative estimate of drug-likeness (QED) is 0.865. The molecular weight excluding hydrogens is 288 g/mol. The zero-order valence-electron chi connectivity index (χ0n) is 13.2. The molecule has 1 fully saturated rings. The standard InChI is InChI=1S/C15H22N2O5/c1-8(2)12(11-5-9(3)16-22-11)13(18)17-7-15(4,21)6-10(17)14(19)20/h5,8,10,12,21H,6-7H2,1-4H3,(H,19,20)/t10-,12-,15-/m1/s1. The van der Waals surface area contributed by atoms with Crippen molar-refractivity contribution in [3.63, 3.8) is 0 Å². The van der Waals surface area contributed by atoms with Crippen LogP contribution in [-0.2, 0) is 9.59 Å². The van der Waals surface area contributed by atoms with E-state index in [9.17, 15) is 19.8 Å². The van der Waals surface area contributed by atoms with Crippen molar-refractivity contribution in [3.05, 3.63) is 17.5 Å². The number of rotatable bonds is 4. The Labute approximate surface area is 128 Å². The average Bonchev–Trinajstić information content (AvgIpc) is 2.92. The number of carboxylic acids is 1. The molecule has 7 nitrogen and oxygen atoms in total. The first-order valence-electron chi connectivity index (χ1n) is 7.31. The van der Waals surface area contributed by atoms with Crippen LogP contribution in [0.15, 0.2) is 10.6 Å². The van der Waals surface area contributed by atoms with E-state index in [0.717, 1.165) is 0 Å². The Morgan fingerprint density at radius 2 is 2.14 bits per heavy atom. The lowest BCUT2D eigenvalue weighted by Crippen LogP contribution is -2.44. The van der Waals surface area contributed by atoms with E-state index in [1.807, 2.05) is 13.8 Å². The SMILES string of the molecule is Cc1cc([C@H](C(=O)N2C[C@](C)(O)C[C@@H]2C(=O)O)C(C)C)on1. The van der Waals surface area contributed by atoms with Gasteiger partial charge in [-0.2, -0.15) is 0 Å². The second kappa shape index (κ2) is 5.72. The number of aliphatic carboxylic acids is 1. The van der Waals surface area contributed by atoms with Gasteiger partial charge in [0.1, 0.15) is 17.7 Å². The highest BCUT2D eigenvalue weighted by Crippen LogP contribution is 2.33. The molecule has 3 atom stereocenters. The number of β-amino-alcohol motifs (C(OH)–C–C–N with tert-alkyl or cyclic N) is 1. The first kappa shape index (κ1) is 16.5. The number of hydrogen-bond donors (Lipinski definition) is 2. The largest absolute Gasteiger partial charge is 0.480 e. The summed E-state index contributed by atoms with van der Waals surface area (Å²) in [6.07, 6.45) is 0.0221. The lowest BCUT2D eigenvalue weighted by molar-refractivity contribution is -0.149. The summed E-state index contributed by atoms with van der Waals surface area (Å²) in [5.41, 5.74) is -0.533. The molecule has 1 aliphatic rings. The lowest BCUT2D eigenvalue weighted by Gasteiger charge is -2.27. The summed E-state index contributed by atoms with van der Waals surface area (Å²) in [6.45, 7) is 7.03. The van der Waals surface area contributed by atoms with Gasteiger partial charge in [-0.25, -0.2) is 4.79 Å². The summed E-state index contributed by atoms with van der Waals surface area (Å²) < 4.78 is 5.21. The third kappa shape index (κ3) is 3.14. The molecule has 2 heterocycles. The summed E-state index contributed by atoms with van der Waals surface area (Å²) in [4.78, 5) is 25.5. The molecule has 2 N–H and O–H groups in total. The second-order valence-corrected chi connectivity index (χ2v) is 6.61. The molecule has 0 spiro atoms. The maximum atomic E-state index is 12.9. The number of nitrogens with zero attached hydrogens (tertiary/aromatic N) is 2. The molecular formula is C15H22N2O5. The van der Waals surface area contributed by atoms with E-state index in [0.29, 0.717) is 11.5 Å². The zero-order valence-corrected chi connectivity index (χ0v) is 13.2. The van der Waals surface area contributed by atoms with Crippen LogP contribution in [0.2, 0.25) is 0 Å². The number of amides is 1. The van der Waals surface area contributed by atoms with Crippen LogP contribution in [0, 0.1) is 12.8 Å². The molecule has 0 unspecified atom stereocenters. The maximum absolute atomic E-state index is 12.9. The number of carboxylic acid groups (broad SMARTS) is 1. The number of aromatic nitrogens is 1. The van der Waals surface area contributed by atoms with Crippen LogP contribution in [-0.4, -0.2) is 50.3 Å². The Hall–Kier alpha value is -1.89. The van der Waals surface area contributed by atoms with Crippen molar-refractivity contribution in [1.29, 1.82) is 0 Å². The molecule has 1 aliphatic heterocycles. The van der Waals surface area contributed by atoms with Gasteiger partial charge in [-0.15, -0.1) is 0 Å². The third-order valence-corrected chi connectivity index (χ3v) is 3.97. The number of aryl methyl sites for hydroxylation is 1. The summed E-state index contributed by atoms with van der Waals surface area (Å²) in [5.74, 6) is -1.73. The van der Waals surface area contributed by atoms with Gasteiger partial charge < -0.3 is 19.6 Å². The molecule has 0 saturated carbocycles. The van der Waals surface area contributed by atoms with Crippen molar-refractivity contribution in [2.75, 3.05) is 6.54 Å². The van der Waals surface area contributed by atoms with E-state index in [1.54, 1.807) is 19.9 Å². The molecule has 1 amide bonds. The van der Waals surface area contributed by atoms with Crippen LogP contribution in [0.25, 0.3) is 0 Å². The Morgan fingerprint density at radius 3 is 2.59 bits per heavy atom. The first-order chi connectivity index (χ1) is 10.1. The fraction of sp³-hybridized carbons (Fsp3) is 0.667. The van der Waals surface area contributed by atoms with Gasteiger partial charge in [0.2, 0.25) is 5.91 Å². The molecule has 0 radical (unpaired) electrons. The minimum Gasteiger partial charge on any atom is -0.480 e. The van der Waals surface area contributed by atoms with Gasteiger partial charge in [0.15, 0.2) is 0 Å². The lowest BCUT2D eigenvalue weighted by atomic mass is 9.91. The third-order valence-electron chi connectivity index (χ3n) is 3.97. The predicted molar refractivity (Wildman–Crippen MR) is 77.2 cm³/mol. The van der Waals surface area contributed by atoms with E-state index >= 15 is 0 Å². The molecule has 7 heteroatoms. The van der Waals surface area contributed by atoms with Crippen LogP contribution in [0.4, 0.5) is 0 Å². The minimum atomic E-state index is -1.20. The fourth-order valence-electron chi connectivity index (χ4n) is 2.96. The molecule has 0 aliphatic carbocycles. The van der Waals surface area contributed by atoms with Gasteiger partial charge >= 0.3 is 5.97 Å². The predicted octanol–water partition coefficient (Wildman–Crippen LogP) is 1.16. The Kier molecular flexibility index (Phi) is 4.28. The number of aliphatic hydroxyl groups is 1. The Morgan fingerprint density at radius 1 is 1.50 bits per heavy atom. The monoisotopic (exact) mass is 310 g/mol. The van der Waals surface area contributed by atoms with Crippen LogP contribution in [0.1, 0.15) is 44.6 Å². The van der Waals surface area contributed by atoms with Crippen molar-refractivity contribution in [1.82, 2.24) is 10.1 Å². The normalized spacial score (nSPS) is 26.5. The van der Waals surface area contributed by atoms with Crippen LogP contribution >= 0.6 is 0 Å². The smallest absolute Gasteiger partial charge is 0.326 e. The molecule has 1 aromatic rings. The van der Waals surface area contributed by atoms with E-state index < -0.39 is 23.5 Å². The number of carbonyl (C=O) groups is 2. The molecule has 0 bridgehead atoms. The molecule has 22 heavy (non-hydrogen) atoms. The van der Waals surface area contributed by atoms with Crippen molar-refractivity contribution in [3.8, 4) is 0 Å². The van der Waals surface area contributed by atoms with Crippen molar-refractivity contribution in [2.45, 2.75) is 51.7 Å². The first-order valence-corrected chi connectivity index (χ1v) is 7.31. The van der Waals surface area contributed by atoms with Gasteiger partial charge in [0.05, 0.1) is 17.8 Å². The Bertz CT molecular complexity index is 578. The van der Waals surface area contributed by atoms with E-state index in [2.05, 4.69) is 5.16 Å². The van der Waals surface area contributed by atoms with Crippen molar-refractivity contribution in [2.24, 2.45) is 5.92 Å². The fourth-order valence-corrected chi connectivity index (χ4v) is 2.96. The van der Waals surface area contributed by atoms with E-state index in [1.165, 1.54) is 4.90 Å². The molecule has 1 aromatic heterocycles. The topological polar surface area (TPSA) is 104 Å². The molecule has 2 rings (SSSR count). The average molecular weight is 310 g/mol. The molecule has 1 saturated heterocycles. The van der Waals surface area contributed by atoms with Crippen LogP contribution in [0.3, 0.4) is 0 Å². The molecule has 122 valence electrons. The van der Waals surface area contributed by atoms with E-state index in [-0.39, 0.29) is 24.8 Å². The van der Waals surface area contributed by atoms with Crippen LogP contribution in [0.5, 0.6) is 0 Å². The zero-order chi connectivity index (χ0) is 16.7. The number of carbonyl (C=O) groups excluding carboxylic acids is 1. The second-order valence-electron chi connectivity index (χ2n) is 6.61. The van der Waals surface area contributed by atoms with Crippen molar-refractivity contribution < 1.29 is 24.3 Å². The van der Waals surface area contributed by atoms with Gasteiger partial charge in [-0.1, -0.05) is 19.0 Å². The van der Waals surface area contributed by atoms with Crippen molar-refractivity contribution >= 4 is 11.9 Å². The van der Waals surface area contributed by atoms with Crippen LogP contribution < -0.4 is 0 Å². The minimum absolute atomic E-state index is 0.000854. The van der Waals surface area contributed by atoms with Gasteiger partial charge in [0, 0.05) is 12.5 Å². The van der Waals surface area contributed by atoms with Gasteiger partial charge in [-0.05, 0) is 19.8 Å². The highest BCUT2D eigenvalue weighted by Gasteiger charge is 2.47. The number of hydrogen-bond acceptors (Lipinski definition) is 5. The highest BCUT2D eigenvalue weighted by molar-refractivity contribution is 5.88. The number of likely N-dealkylation sites (tertiary alicyclic amines) is 1. The van der Waals surface area contributed by atoms with Gasteiger partial charge in [-0.3, -0.25) is 4.79 Å². The maximum Gasteiger partial charge on any atom is 0.326 e. The summed E-state index contributed by atoms with van der Waals surface area (Å²) in [6, 6.07) is 0.666. The van der Waals surface area contributed by atoms with E-state index in [4.69, 9.17) is 4.52 Å². The summed E-state index contributed by atoms with van der Waals surface area (Å²) in [7, 11) is 0. The molecule has 0 aromatic carbocycles.